The Kier molecular flexibility index (Phi) is 4.50. The smallest absolute Gasteiger partial charge is 0.226 e. The van der Waals surface area contributed by atoms with Gasteiger partial charge in [0.25, 0.3) is 0 Å². The highest BCUT2D eigenvalue weighted by Crippen LogP contribution is 2.35. The molecule has 0 aliphatic carbocycles. The number of hydrogen-bond acceptors (Lipinski definition) is 4. The van der Waals surface area contributed by atoms with E-state index in [2.05, 4.69) is 10.4 Å². The first-order chi connectivity index (χ1) is 11.2. The van der Waals surface area contributed by atoms with Crippen LogP contribution in [0.2, 0.25) is 0 Å². The summed E-state index contributed by atoms with van der Waals surface area (Å²) >= 11 is 0. The average molecular weight is 315 g/mol. The van der Waals surface area contributed by atoms with Crippen LogP contribution in [0.15, 0.2) is 30.5 Å². The van der Waals surface area contributed by atoms with Gasteiger partial charge >= 0.3 is 0 Å². The van der Waals surface area contributed by atoms with Crippen LogP contribution in [0.5, 0.6) is 11.5 Å². The Labute approximate surface area is 135 Å². The Morgan fingerprint density at radius 1 is 1.48 bits per heavy atom. The van der Waals surface area contributed by atoms with Crippen LogP contribution in [0, 0.1) is 5.92 Å². The van der Waals surface area contributed by atoms with Crippen molar-refractivity contribution in [3.8, 4) is 11.5 Å². The van der Waals surface area contributed by atoms with Crippen molar-refractivity contribution >= 4 is 5.91 Å². The number of fused-ring (bicyclic) bond motifs is 1. The number of benzene rings is 1. The molecule has 1 aromatic carbocycles. The standard InChI is InChI=1S/C17H21N3O3/c1-20-14(7-9-19-20)6-8-18-17(21)13-10-12-4-3-5-15(22-2)16(12)23-11-13/h3-5,7,9,13H,6,8,10-11H2,1-2H3,(H,18,21)/t13-/m1/s1. The topological polar surface area (TPSA) is 65.4 Å². The second-order valence-corrected chi connectivity index (χ2v) is 5.65. The minimum Gasteiger partial charge on any atom is -0.493 e. The van der Waals surface area contributed by atoms with Crippen LogP contribution in [0.25, 0.3) is 0 Å². The van der Waals surface area contributed by atoms with Crippen LogP contribution in [-0.2, 0) is 24.7 Å². The molecule has 0 bridgehead atoms. The molecule has 0 saturated heterocycles. The second-order valence-electron chi connectivity index (χ2n) is 5.65. The Morgan fingerprint density at radius 3 is 3.09 bits per heavy atom. The van der Waals surface area contributed by atoms with E-state index < -0.39 is 0 Å². The number of methoxy groups -OCH3 is 1. The summed E-state index contributed by atoms with van der Waals surface area (Å²) in [5.74, 6) is 1.34. The molecule has 1 aliphatic rings. The molecule has 1 aromatic heterocycles. The Hall–Kier alpha value is -2.50. The van der Waals surface area contributed by atoms with Gasteiger partial charge in [-0.15, -0.1) is 0 Å². The molecule has 1 atom stereocenters. The van der Waals surface area contributed by atoms with Crippen LogP contribution < -0.4 is 14.8 Å². The lowest BCUT2D eigenvalue weighted by Gasteiger charge is -2.25. The minimum absolute atomic E-state index is 0.0284. The van der Waals surface area contributed by atoms with Gasteiger partial charge in [0.2, 0.25) is 5.91 Å². The maximum Gasteiger partial charge on any atom is 0.226 e. The third kappa shape index (κ3) is 3.31. The molecular formula is C17H21N3O3. The molecule has 6 nitrogen and oxygen atoms in total. The predicted molar refractivity (Wildman–Crippen MR) is 85.6 cm³/mol. The Morgan fingerprint density at radius 2 is 2.35 bits per heavy atom. The van der Waals surface area contributed by atoms with E-state index in [-0.39, 0.29) is 11.8 Å². The van der Waals surface area contributed by atoms with Gasteiger partial charge in [-0.3, -0.25) is 9.48 Å². The molecule has 0 saturated carbocycles. The van der Waals surface area contributed by atoms with Crippen LogP contribution in [0.1, 0.15) is 11.3 Å². The molecular weight excluding hydrogens is 294 g/mol. The normalized spacial score (nSPS) is 16.3. The van der Waals surface area contributed by atoms with Crippen molar-refractivity contribution in [2.45, 2.75) is 12.8 Å². The van der Waals surface area contributed by atoms with Crippen molar-refractivity contribution in [1.82, 2.24) is 15.1 Å². The van der Waals surface area contributed by atoms with Gasteiger partial charge in [-0.25, -0.2) is 0 Å². The van der Waals surface area contributed by atoms with Gasteiger partial charge in [-0.05, 0) is 24.1 Å². The van der Waals surface area contributed by atoms with Crippen LogP contribution >= 0.6 is 0 Å². The summed E-state index contributed by atoms with van der Waals surface area (Å²) in [5, 5.41) is 7.10. The van der Waals surface area contributed by atoms with Crippen LogP contribution in [-0.4, -0.2) is 35.9 Å². The largest absolute Gasteiger partial charge is 0.493 e. The van der Waals surface area contributed by atoms with E-state index in [1.54, 1.807) is 13.3 Å². The summed E-state index contributed by atoms with van der Waals surface area (Å²) in [5.41, 5.74) is 2.11. The van der Waals surface area contributed by atoms with Gasteiger partial charge in [0.15, 0.2) is 11.5 Å². The van der Waals surface area contributed by atoms with E-state index in [9.17, 15) is 4.79 Å². The van der Waals surface area contributed by atoms with E-state index in [1.807, 2.05) is 36.0 Å². The zero-order chi connectivity index (χ0) is 16.2. The van der Waals surface area contributed by atoms with Crippen molar-refractivity contribution in [1.29, 1.82) is 0 Å². The number of hydrogen-bond donors (Lipinski definition) is 1. The quantitative estimate of drug-likeness (QED) is 0.904. The van der Waals surface area contributed by atoms with Gasteiger partial charge in [0, 0.05) is 31.9 Å². The predicted octanol–water partition coefficient (Wildman–Crippen LogP) is 1.34. The summed E-state index contributed by atoms with van der Waals surface area (Å²) in [6.45, 7) is 0.977. The van der Waals surface area contributed by atoms with Gasteiger partial charge < -0.3 is 14.8 Å². The molecule has 0 spiro atoms. The number of nitrogens with one attached hydrogen (secondary N) is 1. The lowest BCUT2D eigenvalue weighted by molar-refractivity contribution is -0.126. The molecule has 2 aromatic rings. The molecule has 23 heavy (non-hydrogen) atoms. The van der Waals surface area contributed by atoms with Crippen molar-refractivity contribution in [2.24, 2.45) is 13.0 Å². The molecule has 122 valence electrons. The third-order valence-corrected chi connectivity index (χ3v) is 4.15. The summed E-state index contributed by atoms with van der Waals surface area (Å²) in [6, 6.07) is 7.72. The van der Waals surface area contributed by atoms with E-state index in [4.69, 9.17) is 9.47 Å². The highest BCUT2D eigenvalue weighted by molar-refractivity contribution is 5.79. The second kappa shape index (κ2) is 6.73. The van der Waals surface area contributed by atoms with Gasteiger partial charge in [0.05, 0.1) is 13.0 Å². The monoisotopic (exact) mass is 315 g/mol. The number of carbonyl (C=O) groups is 1. The highest BCUT2D eigenvalue weighted by Gasteiger charge is 2.27. The summed E-state index contributed by atoms with van der Waals surface area (Å²) in [4.78, 5) is 12.3. The van der Waals surface area contributed by atoms with E-state index in [1.165, 1.54) is 0 Å². The minimum atomic E-state index is -0.166. The fourth-order valence-corrected chi connectivity index (χ4v) is 2.83. The average Bonchev–Trinajstić information content (AvgIpc) is 2.98. The Balaban J connectivity index is 1.56. The van der Waals surface area contributed by atoms with Crippen molar-refractivity contribution in [2.75, 3.05) is 20.3 Å². The maximum absolute atomic E-state index is 12.3. The third-order valence-electron chi connectivity index (χ3n) is 4.15. The molecule has 1 N–H and O–H groups in total. The lowest BCUT2D eigenvalue weighted by atomic mass is 9.95. The van der Waals surface area contributed by atoms with E-state index >= 15 is 0 Å². The van der Waals surface area contributed by atoms with Crippen molar-refractivity contribution in [3.63, 3.8) is 0 Å². The first-order valence-electron chi connectivity index (χ1n) is 7.72. The molecule has 0 fully saturated rings. The van der Waals surface area contributed by atoms with Gasteiger partial charge in [-0.1, -0.05) is 12.1 Å². The molecule has 0 unspecified atom stereocenters. The van der Waals surface area contributed by atoms with Crippen LogP contribution in [0.3, 0.4) is 0 Å². The van der Waals surface area contributed by atoms with Gasteiger partial charge in [0.1, 0.15) is 6.61 Å². The highest BCUT2D eigenvalue weighted by atomic mass is 16.5. The zero-order valence-corrected chi connectivity index (χ0v) is 13.4. The Bertz CT molecular complexity index is 696. The molecule has 0 radical (unpaired) electrons. The summed E-state index contributed by atoms with van der Waals surface area (Å²) in [7, 11) is 3.52. The summed E-state index contributed by atoms with van der Waals surface area (Å²) in [6.07, 6.45) is 3.20. The maximum atomic E-state index is 12.3. The fourth-order valence-electron chi connectivity index (χ4n) is 2.83. The van der Waals surface area contributed by atoms with Gasteiger partial charge in [-0.2, -0.15) is 5.10 Å². The number of amides is 1. The number of aryl methyl sites for hydroxylation is 1. The molecule has 2 heterocycles. The van der Waals surface area contributed by atoms with Crippen LogP contribution in [0.4, 0.5) is 0 Å². The number of rotatable bonds is 5. The molecule has 3 rings (SSSR count). The molecule has 1 aliphatic heterocycles. The number of nitrogens with zero attached hydrogens (tertiary/aromatic N) is 2. The lowest BCUT2D eigenvalue weighted by Crippen LogP contribution is -2.38. The summed E-state index contributed by atoms with van der Waals surface area (Å²) < 4.78 is 12.9. The van der Waals surface area contributed by atoms with Crippen molar-refractivity contribution in [3.05, 3.63) is 41.7 Å². The van der Waals surface area contributed by atoms with Crippen molar-refractivity contribution < 1.29 is 14.3 Å². The molecule has 6 heteroatoms. The first-order valence-corrected chi connectivity index (χ1v) is 7.72. The number of ether oxygens (including phenoxy) is 2. The first kappa shape index (κ1) is 15.4. The number of para-hydroxylation sites is 1. The fraction of sp³-hybridized carbons (Fsp3) is 0.412. The number of aromatic nitrogens is 2. The van der Waals surface area contributed by atoms with E-state index in [0.717, 1.165) is 29.2 Å². The zero-order valence-electron chi connectivity index (χ0n) is 13.4. The number of carbonyl (C=O) groups excluding carboxylic acids is 1. The molecule has 1 amide bonds. The SMILES string of the molecule is COc1cccc2c1OC[C@H](C(=O)NCCc1ccnn1C)C2. The van der Waals surface area contributed by atoms with E-state index in [0.29, 0.717) is 19.6 Å².